The Balaban J connectivity index is 2.06. The molecule has 1 heterocycles. The molecule has 112 valence electrons. The molecule has 6 heteroatoms. The van der Waals surface area contributed by atoms with Gasteiger partial charge in [0.15, 0.2) is 0 Å². The summed E-state index contributed by atoms with van der Waals surface area (Å²) < 4.78 is 18.2. The molecule has 1 amide bonds. The minimum Gasteiger partial charge on any atom is -0.444 e. The van der Waals surface area contributed by atoms with Crippen LogP contribution in [0.3, 0.4) is 0 Å². The van der Waals surface area contributed by atoms with Crippen molar-refractivity contribution in [3.05, 3.63) is 42.0 Å². The van der Waals surface area contributed by atoms with Gasteiger partial charge < -0.3 is 14.4 Å². The third-order valence-corrected chi connectivity index (χ3v) is 3.08. The number of halogens is 1. The molecule has 0 saturated carbocycles. The molecule has 0 bridgehead atoms. The number of aromatic nitrogens is 1. The van der Waals surface area contributed by atoms with E-state index in [4.69, 9.17) is 9.52 Å². The summed E-state index contributed by atoms with van der Waals surface area (Å²) in [6.45, 7) is 2.61. The Morgan fingerprint density at radius 3 is 2.71 bits per heavy atom. The van der Waals surface area contributed by atoms with E-state index in [0.717, 1.165) is 0 Å². The quantitative estimate of drug-likeness (QED) is 0.882. The van der Waals surface area contributed by atoms with E-state index in [0.29, 0.717) is 30.2 Å². The van der Waals surface area contributed by atoms with Crippen LogP contribution in [-0.4, -0.2) is 40.6 Å². The van der Waals surface area contributed by atoms with Gasteiger partial charge in [-0.15, -0.1) is 0 Å². The summed E-state index contributed by atoms with van der Waals surface area (Å²) in [5.41, 5.74) is 1.16. The third kappa shape index (κ3) is 3.88. The molecular weight excluding hydrogens is 275 g/mol. The first-order valence-corrected chi connectivity index (χ1v) is 6.73. The molecule has 0 radical (unpaired) electrons. The van der Waals surface area contributed by atoms with Crippen molar-refractivity contribution in [2.45, 2.75) is 13.3 Å². The molecule has 0 saturated heterocycles. The Hall–Kier alpha value is -2.21. The summed E-state index contributed by atoms with van der Waals surface area (Å²) in [5.74, 6) is -0.100. The van der Waals surface area contributed by atoms with Gasteiger partial charge in [0.1, 0.15) is 12.1 Å². The predicted molar refractivity (Wildman–Crippen MR) is 74.9 cm³/mol. The van der Waals surface area contributed by atoms with Crippen molar-refractivity contribution in [1.82, 2.24) is 9.88 Å². The van der Waals surface area contributed by atoms with Crippen molar-refractivity contribution in [3.8, 4) is 11.5 Å². The van der Waals surface area contributed by atoms with Gasteiger partial charge in [-0.2, -0.15) is 0 Å². The number of aliphatic hydroxyl groups excluding tert-OH is 1. The van der Waals surface area contributed by atoms with Crippen LogP contribution >= 0.6 is 0 Å². The SMILES string of the molecule is CCN(CCO)C(=O)Cc1coc(-c2ccc(F)cc2)n1. The van der Waals surface area contributed by atoms with E-state index in [1.165, 1.54) is 18.4 Å². The summed E-state index contributed by atoms with van der Waals surface area (Å²) in [6.07, 6.45) is 1.53. The number of amides is 1. The van der Waals surface area contributed by atoms with Crippen LogP contribution < -0.4 is 0 Å². The van der Waals surface area contributed by atoms with E-state index in [1.54, 1.807) is 17.0 Å². The van der Waals surface area contributed by atoms with E-state index < -0.39 is 0 Å². The standard InChI is InChI=1S/C15H17FN2O3/c1-2-18(7-8-19)14(20)9-13-10-21-15(17-13)11-3-5-12(16)6-4-11/h3-6,10,19H,2,7-9H2,1H3. The van der Waals surface area contributed by atoms with Crippen molar-refractivity contribution >= 4 is 5.91 Å². The Kier molecular flexibility index (Phi) is 5.05. The van der Waals surface area contributed by atoms with Crippen molar-refractivity contribution in [2.24, 2.45) is 0 Å². The third-order valence-electron chi connectivity index (χ3n) is 3.08. The maximum Gasteiger partial charge on any atom is 0.228 e. The molecule has 21 heavy (non-hydrogen) atoms. The Morgan fingerprint density at radius 2 is 2.10 bits per heavy atom. The molecule has 1 N–H and O–H groups in total. The highest BCUT2D eigenvalue weighted by Crippen LogP contribution is 2.19. The summed E-state index contributed by atoms with van der Waals surface area (Å²) in [6, 6.07) is 5.78. The van der Waals surface area contributed by atoms with E-state index in [-0.39, 0.29) is 24.8 Å². The fourth-order valence-electron chi connectivity index (χ4n) is 1.96. The molecule has 0 atom stereocenters. The van der Waals surface area contributed by atoms with Crippen LogP contribution in [-0.2, 0) is 11.2 Å². The zero-order chi connectivity index (χ0) is 15.2. The fraction of sp³-hybridized carbons (Fsp3) is 0.333. The summed E-state index contributed by atoms with van der Waals surface area (Å²) in [4.78, 5) is 17.8. The first-order valence-electron chi connectivity index (χ1n) is 6.73. The van der Waals surface area contributed by atoms with E-state index in [2.05, 4.69) is 4.98 Å². The van der Waals surface area contributed by atoms with Crippen LogP contribution in [0, 0.1) is 5.82 Å². The minimum atomic E-state index is -0.330. The summed E-state index contributed by atoms with van der Waals surface area (Å²) >= 11 is 0. The zero-order valence-corrected chi connectivity index (χ0v) is 11.8. The van der Waals surface area contributed by atoms with Gasteiger partial charge in [0.25, 0.3) is 0 Å². The van der Waals surface area contributed by atoms with Gasteiger partial charge in [-0.25, -0.2) is 9.37 Å². The summed E-state index contributed by atoms with van der Waals surface area (Å²) in [5, 5.41) is 8.90. The lowest BCUT2D eigenvalue weighted by Crippen LogP contribution is -2.34. The number of oxazole rings is 1. The van der Waals surface area contributed by atoms with Gasteiger partial charge in [0, 0.05) is 18.7 Å². The number of carbonyl (C=O) groups excluding carboxylic acids is 1. The molecule has 1 aromatic carbocycles. The molecule has 2 aromatic rings. The van der Waals surface area contributed by atoms with Crippen molar-refractivity contribution in [2.75, 3.05) is 19.7 Å². The minimum absolute atomic E-state index is 0.0702. The number of carbonyl (C=O) groups is 1. The number of hydrogen-bond acceptors (Lipinski definition) is 4. The second-order valence-corrected chi connectivity index (χ2v) is 4.52. The van der Waals surface area contributed by atoms with Crippen molar-refractivity contribution in [1.29, 1.82) is 0 Å². The lowest BCUT2D eigenvalue weighted by Gasteiger charge is -2.18. The van der Waals surface area contributed by atoms with Gasteiger partial charge >= 0.3 is 0 Å². The number of benzene rings is 1. The molecule has 0 spiro atoms. The Bertz CT molecular complexity index is 595. The van der Waals surface area contributed by atoms with Crippen LogP contribution in [0.25, 0.3) is 11.5 Å². The molecule has 0 aliphatic heterocycles. The average molecular weight is 292 g/mol. The fourth-order valence-corrected chi connectivity index (χ4v) is 1.96. The van der Waals surface area contributed by atoms with Crippen molar-refractivity contribution < 1.29 is 18.7 Å². The maximum absolute atomic E-state index is 12.9. The number of rotatable bonds is 6. The smallest absolute Gasteiger partial charge is 0.228 e. The predicted octanol–water partition coefficient (Wildman–Crippen LogP) is 1.86. The highest BCUT2D eigenvalue weighted by atomic mass is 19.1. The molecule has 0 aliphatic rings. The number of hydrogen-bond donors (Lipinski definition) is 1. The van der Waals surface area contributed by atoms with Gasteiger partial charge in [0.05, 0.1) is 18.7 Å². The van der Waals surface area contributed by atoms with Crippen LogP contribution in [0.1, 0.15) is 12.6 Å². The maximum atomic E-state index is 12.9. The first kappa shape index (κ1) is 15.2. The lowest BCUT2D eigenvalue weighted by atomic mass is 10.2. The van der Waals surface area contributed by atoms with Crippen molar-refractivity contribution in [3.63, 3.8) is 0 Å². The first-order chi connectivity index (χ1) is 10.1. The van der Waals surface area contributed by atoms with Crippen LogP contribution in [0.5, 0.6) is 0 Å². The zero-order valence-electron chi connectivity index (χ0n) is 11.8. The second kappa shape index (κ2) is 6.99. The van der Waals surface area contributed by atoms with Crippen LogP contribution in [0.4, 0.5) is 4.39 Å². The van der Waals surface area contributed by atoms with E-state index in [9.17, 15) is 9.18 Å². The molecule has 5 nitrogen and oxygen atoms in total. The topological polar surface area (TPSA) is 66.6 Å². The number of aliphatic hydroxyl groups is 1. The summed E-state index contributed by atoms with van der Waals surface area (Å²) in [7, 11) is 0. The molecule has 2 rings (SSSR count). The van der Waals surface area contributed by atoms with E-state index >= 15 is 0 Å². The molecule has 0 fully saturated rings. The van der Waals surface area contributed by atoms with Gasteiger partial charge in [-0.3, -0.25) is 4.79 Å². The van der Waals surface area contributed by atoms with Crippen LogP contribution in [0.15, 0.2) is 34.9 Å². The van der Waals surface area contributed by atoms with Gasteiger partial charge in [-0.05, 0) is 31.2 Å². The number of likely N-dealkylation sites (N-methyl/N-ethyl adjacent to an activating group) is 1. The Morgan fingerprint density at radius 1 is 1.38 bits per heavy atom. The number of nitrogens with zero attached hydrogens (tertiary/aromatic N) is 2. The molecular formula is C15H17FN2O3. The highest BCUT2D eigenvalue weighted by Gasteiger charge is 2.15. The monoisotopic (exact) mass is 292 g/mol. The second-order valence-electron chi connectivity index (χ2n) is 4.52. The van der Waals surface area contributed by atoms with E-state index in [1.807, 2.05) is 6.92 Å². The highest BCUT2D eigenvalue weighted by molar-refractivity contribution is 5.78. The van der Waals surface area contributed by atoms with Gasteiger partial charge in [0.2, 0.25) is 11.8 Å². The lowest BCUT2D eigenvalue weighted by molar-refractivity contribution is -0.130. The van der Waals surface area contributed by atoms with Gasteiger partial charge in [-0.1, -0.05) is 0 Å². The molecule has 0 unspecified atom stereocenters. The largest absolute Gasteiger partial charge is 0.444 e. The molecule has 1 aromatic heterocycles. The Labute approximate surface area is 122 Å². The average Bonchev–Trinajstić information content (AvgIpc) is 2.93. The van der Waals surface area contributed by atoms with Crippen LogP contribution in [0.2, 0.25) is 0 Å². The normalized spacial score (nSPS) is 10.6. The molecule has 0 aliphatic carbocycles.